The number of hydrogen-bond donors (Lipinski definition) is 0. The Kier molecular flexibility index (Phi) is 3.08. The van der Waals surface area contributed by atoms with E-state index < -0.39 is 0 Å². The first-order chi connectivity index (χ1) is 13.7. The molecule has 0 bridgehead atoms. The van der Waals surface area contributed by atoms with Crippen LogP contribution in [0.25, 0.3) is 55.1 Å². The van der Waals surface area contributed by atoms with E-state index in [1.165, 1.54) is 60.6 Å². The van der Waals surface area contributed by atoms with Crippen molar-refractivity contribution in [3.8, 4) is 33.5 Å². The summed E-state index contributed by atoms with van der Waals surface area (Å²) in [5.74, 6) is 0. The summed E-state index contributed by atoms with van der Waals surface area (Å²) in [6.45, 7) is 2.24. The monoisotopic (exact) mass is 358 g/mol. The Bertz CT molecular complexity index is 1420. The third-order valence-corrected chi connectivity index (χ3v) is 6.23. The fourth-order valence-electron chi connectivity index (χ4n) is 4.85. The standard InChI is InChI=1S/C27H20N/c1-17-20-10-4-3-7-18(20)13-14-21(17)26-15-24-22-11-5-8-19-9-6-12-23(27(19)22)25(24)16-28(26)2/h3-16H,1-2H3/q+1. The minimum absolute atomic E-state index is 1.26. The second kappa shape index (κ2) is 5.53. The number of rotatable bonds is 1. The van der Waals surface area contributed by atoms with Gasteiger partial charge in [0, 0.05) is 17.2 Å². The molecule has 1 nitrogen and oxygen atoms in total. The Morgan fingerprint density at radius 2 is 1.32 bits per heavy atom. The number of fused-ring (bicyclic) bond motifs is 4. The Labute approximate surface area is 164 Å². The SMILES string of the molecule is Cc1c(-c2cc3c(c[n+]2C)-c2cccc4cccc-3c24)ccc2ccccc12. The van der Waals surface area contributed by atoms with Gasteiger partial charge in [-0.05, 0) is 51.2 Å². The number of aromatic nitrogens is 1. The number of pyridine rings is 1. The van der Waals surface area contributed by atoms with Crippen molar-refractivity contribution in [2.45, 2.75) is 6.92 Å². The molecular weight excluding hydrogens is 338 g/mol. The minimum Gasteiger partial charge on any atom is -0.200 e. The first-order valence-electron chi connectivity index (χ1n) is 9.77. The third-order valence-electron chi connectivity index (χ3n) is 6.23. The molecule has 4 aromatic carbocycles. The Morgan fingerprint density at radius 3 is 2.14 bits per heavy atom. The van der Waals surface area contributed by atoms with Crippen LogP contribution >= 0.6 is 0 Å². The van der Waals surface area contributed by atoms with Gasteiger partial charge in [0.25, 0.3) is 0 Å². The predicted octanol–water partition coefficient (Wildman–Crippen LogP) is 6.44. The largest absolute Gasteiger partial charge is 0.213 e. The van der Waals surface area contributed by atoms with Crippen molar-refractivity contribution in [3.05, 3.63) is 90.6 Å². The van der Waals surface area contributed by atoms with Crippen LogP contribution in [-0.4, -0.2) is 0 Å². The van der Waals surface area contributed by atoms with Crippen LogP contribution in [0.1, 0.15) is 5.56 Å². The van der Waals surface area contributed by atoms with Crippen LogP contribution in [0.5, 0.6) is 0 Å². The highest BCUT2D eigenvalue weighted by molar-refractivity contribution is 6.15. The van der Waals surface area contributed by atoms with E-state index in [1.807, 2.05) is 0 Å². The van der Waals surface area contributed by atoms with Gasteiger partial charge in [0.15, 0.2) is 6.20 Å². The summed E-state index contributed by atoms with van der Waals surface area (Å²) in [6, 6.07) is 28.8. The van der Waals surface area contributed by atoms with Crippen LogP contribution in [0.15, 0.2) is 85.1 Å². The van der Waals surface area contributed by atoms with E-state index in [-0.39, 0.29) is 0 Å². The van der Waals surface area contributed by atoms with Crippen molar-refractivity contribution >= 4 is 21.5 Å². The van der Waals surface area contributed by atoms with E-state index >= 15 is 0 Å². The summed E-state index contributed by atoms with van der Waals surface area (Å²) in [7, 11) is 2.16. The summed E-state index contributed by atoms with van der Waals surface area (Å²) in [5.41, 5.74) is 9.26. The van der Waals surface area contributed by atoms with Gasteiger partial charge in [0.05, 0.1) is 5.56 Å². The molecule has 0 amide bonds. The molecule has 0 fully saturated rings. The molecule has 0 spiro atoms. The lowest BCUT2D eigenvalue weighted by molar-refractivity contribution is -0.659. The third kappa shape index (κ3) is 1.99. The highest BCUT2D eigenvalue weighted by atomic mass is 14.9. The lowest BCUT2D eigenvalue weighted by atomic mass is 9.95. The van der Waals surface area contributed by atoms with Gasteiger partial charge < -0.3 is 0 Å². The van der Waals surface area contributed by atoms with Crippen LogP contribution in [0.2, 0.25) is 0 Å². The highest BCUT2D eigenvalue weighted by Crippen LogP contribution is 2.47. The molecule has 1 heteroatoms. The maximum atomic E-state index is 2.38. The van der Waals surface area contributed by atoms with Gasteiger partial charge in [0.1, 0.15) is 7.05 Å². The zero-order chi connectivity index (χ0) is 18.8. The molecule has 0 aliphatic heterocycles. The number of nitrogens with zero attached hydrogens (tertiary/aromatic N) is 1. The lowest BCUT2D eigenvalue weighted by Gasteiger charge is -2.10. The second-order valence-electron chi connectivity index (χ2n) is 7.77. The summed E-state index contributed by atoms with van der Waals surface area (Å²) in [4.78, 5) is 0. The lowest BCUT2D eigenvalue weighted by Crippen LogP contribution is -2.31. The summed E-state index contributed by atoms with van der Waals surface area (Å²) >= 11 is 0. The molecule has 1 aliphatic carbocycles. The van der Waals surface area contributed by atoms with Crippen molar-refractivity contribution in [2.24, 2.45) is 7.05 Å². The molecule has 0 saturated carbocycles. The molecule has 0 saturated heterocycles. The average molecular weight is 358 g/mol. The molecule has 5 aromatic rings. The number of aryl methyl sites for hydroxylation is 2. The van der Waals surface area contributed by atoms with Crippen LogP contribution in [0.3, 0.4) is 0 Å². The Morgan fingerprint density at radius 1 is 0.607 bits per heavy atom. The van der Waals surface area contributed by atoms with Crippen molar-refractivity contribution in [3.63, 3.8) is 0 Å². The van der Waals surface area contributed by atoms with Crippen molar-refractivity contribution in [1.29, 1.82) is 0 Å². The van der Waals surface area contributed by atoms with Crippen LogP contribution < -0.4 is 4.57 Å². The molecular formula is C27H20N+. The molecule has 1 heterocycles. The van der Waals surface area contributed by atoms with Crippen molar-refractivity contribution in [2.75, 3.05) is 0 Å². The van der Waals surface area contributed by atoms with Gasteiger partial charge in [0.2, 0.25) is 5.69 Å². The molecule has 132 valence electrons. The quantitative estimate of drug-likeness (QED) is 0.298. The molecule has 0 radical (unpaired) electrons. The van der Waals surface area contributed by atoms with Crippen LogP contribution in [0.4, 0.5) is 0 Å². The highest BCUT2D eigenvalue weighted by Gasteiger charge is 2.26. The Hall–Kier alpha value is -3.45. The molecule has 0 unspecified atom stereocenters. The number of benzene rings is 4. The van der Waals surface area contributed by atoms with Crippen LogP contribution in [0, 0.1) is 6.92 Å². The zero-order valence-corrected chi connectivity index (χ0v) is 16.0. The van der Waals surface area contributed by atoms with E-state index in [4.69, 9.17) is 0 Å². The first kappa shape index (κ1) is 15.6. The smallest absolute Gasteiger partial charge is 0.200 e. The summed E-state index contributed by atoms with van der Waals surface area (Å²) in [6.07, 6.45) is 2.30. The molecule has 6 rings (SSSR count). The zero-order valence-electron chi connectivity index (χ0n) is 16.0. The molecule has 1 aliphatic rings. The van der Waals surface area contributed by atoms with Crippen molar-refractivity contribution < 1.29 is 4.57 Å². The van der Waals surface area contributed by atoms with E-state index in [0.717, 1.165) is 0 Å². The fraction of sp³-hybridized carbons (Fsp3) is 0.0741. The van der Waals surface area contributed by atoms with Gasteiger partial charge in [-0.2, -0.15) is 0 Å². The Balaban J connectivity index is 1.66. The molecule has 1 aromatic heterocycles. The van der Waals surface area contributed by atoms with Gasteiger partial charge >= 0.3 is 0 Å². The molecule has 0 atom stereocenters. The summed E-state index contributed by atoms with van der Waals surface area (Å²) in [5, 5.41) is 5.32. The fourth-order valence-corrected chi connectivity index (χ4v) is 4.85. The summed E-state index contributed by atoms with van der Waals surface area (Å²) < 4.78 is 2.28. The van der Waals surface area contributed by atoms with E-state index in [9.17, 15) is 0 Å². The van der Waals surface area contributed by atoms with Gasteiger partial charge in [-0.1, -0.05) is 66.7 Å². The van der Waals surface area contributed by atoms with E-state index in [0.29, 0.717) is 0 Å². The maximum Gasteiger partial charge on any atom is 0.213 e. The first-order valence-corrected chi connectivity index (χ1v) is 9.77. The normalized spacial score (nSPS) is 11.9. The van der Waals surface area contributed by atoms with Gasteiger partial charge in [-0.3, -0.25) is 0 Å². The van der Waals surface area contributed by atoms with Crippen LogP contribution in [-0.2, 0) is 7.05 Å². The average Bonchev–Trinajstić information content (AvgIpc) is 3.03. The van der Waals surface area contributed by atoms with Crippen molar-refractivity contribution in [1.82, 2.24) is 0 Å². The molecule has 28 heavy (non-hydrogen) atoms. The maximum absolute atomic E-state index is 2.38. The van der Waals surface area contributed by atoms with E-state index in [2.05, 4.69) is 104 Å². The topological polar surface area (TPSA) is 3.88 Å². The minimum atomic E-state index is 1.26. The molecule has 0 N–H and O–H groups in total. The van der Waals surface area contributed by atoms with E-state index in [1.54, 1.807) is 0 Å². The second-order valence-corrected chi connectivity index (χ2v) is 7.77. The number of hydrogen-bond acceptors (Lipinski definition) is 0. The van der Waals surface area contributed by atoms with Gasteiger partial charge in [-0.25, -0.2) is 4.57 Å². The van der Waals surface area contributed by atoms with Gasteiger partial charge in [-0.15, -0.1) is 0 Å². The predicted molar refractivity (Wildman–Crippen MR) is 117 cm³/mol.